The van der Waals surface area contributed by atoms with Crippen molar-refractivity contribution in [3.05, 3.63) is 66.2 Å². The van der Waals surface area contributed by atoms with Crippen molar-refractivity contribution in [2.75, 3.05) is 44.5 Å². The van der Waals surface area contributed by atoms with Gasteiger partial charge < -0.3 is 19.3 Å². The number of likely N-dealkylation sites (tertiary alicyclic amines) is 1. The monoisotopic (exact) mass is 454 g/mol. The predicted molar refractivity (Wildman–Crippen MR) is 124 cm³/mol. The summed E-state index contributed by atoms with van der Waals surface area (Å²) in [7, 11) is 0. The molecule has 2 atom stereocenters. The molecule has 2 fully saturated rings. The average molecular weight is 455 g/mol. The van der Waals surface area contributed by atoms with Crippen LogP contribution in [0.25, 0.3) is 0 Å². The van der Waals surface area contributed by atoms with Gasteiger partial charge in [-0.05, 0) is 44.5 Å². The first-order valence-electron chi connectivity index (χ1n) is 11.7. The van der Waals surface area contributed by atoms with Crippen LogP contribution in [0.3, 0.4) is 0 Å². The maximum absolute atomic E-state index is 15.5. The number of benzene rings is 2. The molecule has 0 radical (unpaired) electrons. The summed E-state index contributed by atoms with van der Waals surface area (Å²) in [6.45, 7) is 2.99. The zero-order chi connectivity index (χ0) is 23.1. The van der Waals surface area contributed by atoms with Gasteiger partial charge in [0, 0.05) is 17.8 Å². The third-order valence-corrected chi connectivity index (χ3v) is 6.37. The first kappa shape index (κ1) is 23.5. The zero-order valence-electron chi connectivity index (χ0n) is 18.8. The van der Waals surface area contributed by atoms with Gasteiger partial charge in [0.15, 0.2) is 6.17 Å². The van der Waals surface area contributed by atoms with Crippen LogP contribution >= 0.6 is 0 Å². The molecular weight excluding hydrogens is 423 g/mol. The van der Waals surface area contributed by atoms with E-state index in [1.807, 2.05) is 6.07 Å². The van der Waals surface area contributed by atoms with Crippen molar-refractivity contribution in [1.29, 1.82) is 0 Å². The quantitative estimate of drug-likeness (QED) is 0.236. The highest BCUT2D eigenvalue weighted by Crippen LogP contribution is 2.36. The number of para-hydroxylation sites is 1. The van der Waals surface area contributed by atoms with Crippen LogP contribution in [0.2, 0.25) is 0 Å². The van der Waals surface area contributed by atoms with Crippen molar-refractivity contribution in [2.45, 2.75) is 37.5 Å². The van der Waals surface area contributed by atoms with Crippen molar-refractivity contribution in [3.8, 4) is 0 Å². The molecule has 0 bridgehead atoms. The number of alkyl halides is 1. The average Bonchev–Trinajstić information content (AvgIpc) is 3.13. The molecule has 0 spiro atoms. The molecule has 2 aromatic rings. The highest BCUT2D eigenvalue weighted by molar-refractivity contribution is 6.23. The predicted octanol–water partition coefficient (Wildman–Crippen LogP) is 3.86. The number of carbonyl (C=O) groups is 2. The molecule has 4 rings (SSSR count). The topological polar surface area (TPSA) is 59.1 Å². The van der Waals surface area contributed by atoms with Gasteiger partial charge in [-0.2, -0.15) is 0 Å². The molecule has 0 aromatic heterocycles. The third kappa shape index (κ3) is 5.16. The highest BCUT2D eigenvalue weighted by atomic mass is 19.1. The van der Waals surface area contributed by atoms with Crippen molar-refractivity contribution in [3.63, 3.8) is 0 Å². The summed E-state index contributed by atoms with van der Waals surface area (Å²) in [5.74, 6) is -1.39. The van der Waals surface area contributed by atoms with E-state index in [0.717, 1.165) is 26.1 Å². The number of anilines is 1. The van der Waals surface area contributed by atoms with E-state index in [1.54, 1.807) is 54.6 Å². The van der Waals surface area contributed by atoms with E-state index in [9.17, 15) is 9.59 Å². The number of halogens is 1. The Balaban J connectivity index is 1.44. The Morgan fingerprint density at radius 2 is 1.67 bits per heavy atom. The Kier molecular flexibility index (Phi) is 7.85. The fraction of sp³-hybridized carbons (Fsp3) is 0.462. The summed E-state index contributed by atoms with van der Waals surface area (Å²) in [5, 5.41) is 0. The molecule has 2 aliphatic rings. The Hall–Kier alpha value is -2.61. The van der Waals surface area contributed by atoms with Gasteiger partial charge >= 0.3 is 0 Å². The van der Waals surface area contributed by atoms with Crippen LogP contribution in [0.5, 0.6) is 0 Å². The molecule has 0 saturated carbocycles. The lowest BCUT2D eigenvalue weighted by Gasteiger charge is -2.28. The number of piperidine rings is 1. The molecule has 0 aliphatic carbocycles. The lowest BCUT2D eigenvalue weighted by molar-refractivity contribution is -0.160. The second kappa shape index (κ2) is 11.0. The van der Waals surface area contributed by atoms with Crippen molar-refractivity contribution in [1.82, 2.24) is 4.90 Å². The molecule has 2 heterocycles. The molecule has 7 heteroatoms. The Bertz CT molecular complexity index is 920. The number of hydrogen-bond acceptors (Lipinski definition) is 5. The van der Waals surface area contributed by atoms with Gasteiger partial charge in [0.05, 0.1) is 13.2 Å². The zero-order valence-corrected chi connectivity index (χ0v) is 18.8. The summed E-state index contributed by atoms with van der Waals surface area (Å²) in [6, 6.07) is 17.0. The molecule has 176 valence electrons. The van der Waals surface area contributed by atoms with E-state index in [2.05, 4.69) is 4.90 Å². The molecule has 6 nitrogen and oxygen atoms in total. The maximum Gasteiger partial charge on any atom is 0.270 e. The van der Waals surface area contributed by atoms with Crippen LogP contribution < -0.4 is 4.90 Å². The summed E-state index contributed by atoms with van der Waals surface area (Å²) in [5.41, 5.74) is -1.50. The fourth-order valence-electron chi connectivity index (χ4n) is 4.56. The number of nitrogens with zero attached hydrogens (tertiary/aromatic N) is 2. The minimum absolute atomic E-state index is 0.230. The number of ketones is 1. The van der Waals surface area contributed by atoms with Gasteiger partial charge in [-0.25, -0.2) is 4.39 Å². The second-order valence-corrected chi connectivity index (χ2v) is 8.58. The van der Waals surface area contributed by atoms with Gasteiger partial charge in [-0.1, -0.05) is 55.0 Å². The molecular formula is C26H31FN2O4. The number of carbonyl (C=O) groups excluding carboxylic acids is 2. The van der Waals surface area contributed by atoms with Gasteiger partial charge in [-0.3, -0.25) is 9.59 Å². The molecule has 2 aliphatic heterocycles. The lowest BCUT2D eigenvalue weighted by atomic mass is 9.89. The van der Waals surface area contributed by atoms with Crippen LogP contribution in [0.4, 0.5) is 10.1 Å². The van der Waals surface area contributed by atoms with Crippen LogP contribution in [-0.2, 0) is 14.3 Å². The summed E-state index contributed by atoms with van der Waals surface area (Å²) in [6.07, 6.45) is 2.73. The normalized spacial score (nSPS) is 23.7. The minimum atomic E-state index is -2.26. The molecule has 33 heavy (non-hydrogen) atoms. The first-order valence-corrected chi connectivity index (χ1v) is 11.7. The molecule has 2 saturated heterocycles. The van der Waals surface area contributed by atoms with E-state index < -0.39 is 23.5 Å². The highest BCUT2D eigenvalue weighted by Gasteiger charge is 2.62. The van der Waals surface area contributed by atoms with E-state index in [-0.39, 0.29) is 18.9 Å². The number of amides is 1. The largest absolute Gasteiger partial charge is 0.355 e. The molecule has 0 N–H and O–H groups in total. The standard InChI is InChI=1S/C26H31FN2O4/c27-23-19-29(22-13-6-2-7-14-22)25(31)26(23,24(30)21-11-4-1-5-12-21)33-20-32-18-10-17-28-15-8-3-9-16-28/h1-2,4-7,11-14,23H,3,8-10,15-20H2. The van der Waals surface area contributed by atoms with Gasteiger partial charge in [-0.15, -0.1) is 0 Å². The number of Topliss-reactive ketones (excluding diaryl/α,β-unsaturated/α-hetero) is 1. The summed E-state index contributed by atoms with van der Waals surface area (Å²) >= 11 is 0. The number of hydrogen-bond donors (Lipinski definition) is 0. The van der Waals surface area contributed by atoms with E-state index in [1.165, 1.54) is 24.2 Å². The van der Waals surface area contributed by atoms with Gasteiger partial charge in [0.2, 0.25) is 11.4 Å². The molecule has 1 amide bonds. The second-order valence-electron chi connectivity index (χ2n) is 8.58. The Labute approximate surface area is 194 Å². The first-order chi connectivity index (χ1) is 16.1. The van der Waals surface area contributed by atoms with Crippen LogP contribution in [0.1, 0.15) is 36.0 Å². The van der Waals surface area contributed by atoms with Gasteiger partial charge in [0.25, 0.3) is 5.91 Å². The van der Waals surface area contributed by atoms with E-state index in [4.69, 9.17) is 9.47 Å². The van der Waals surface area contributed by atoms with Gasteiger partial charge in [0.1, 0.15) is 6.79 Å². The Morgan fingerprint density at radius 3 is 2.36 bits per heavy atom. The summed E-state index contributed by atoms with van der Waals surface area (Å²) < 4.78 is 26.8. The molecule has 2 unspecified atom stereocenters. The van der Waals surface area contributed by atoms with Crippen molar-refractivity contribution >= 4 is 17.4 Å². The number of rotatable bonds is 10. The van der Waals surface area contributed by atoms with Crippen LogP contribution in [0, 0.1) is 0 Å². The van der Waals surface area contributed by atoms with Crippen molar-refractivity contribution in [2.24, 2.45) is 0 Å². The van der Waals surface area contributed by atoms with Crippen LogP contribution in [0.15, 0.2) is 60.7 Å². The SMILES string of the molecule is O=C(c1ccccc1)C1(OCOCCCN2CCCCC2)C(=O)N(c2ccccc2)CC1F. The Morgan fingerprint density at radius 1 is 1.00 bits per heavy atom. The van der Waals surface area contributed by atoms with Crippen LogP contribution in [-0.4, -0.2) is 67.9 Å². The van der Waals surface area contributed by atoms with E-state index >= 15 is 4.39 Å². The summed E-state index contributed by atoms with van der Waals surface area (Å²) in [4.78, 5) is 30.6. The smallest absolute Gasteiger partial charge is 0.270 e. The lowest BCUT2D eigenvalue weighted by Crippen LogP contribution is -2.54. The number of ether oxygens (including phenoxy) is 2. The van der Waals surface area contributed by atoms with E-state index in [0.29, 0.717) is 12.3 Å². The third-order valence-electron chi connectivity index (χ3n) is 6.37. The fourth-order valence-corrected chi connectivity index (χ4v) is 4.56. The minimum Gasteiger partial charge on any atom is -0.355 e. The molecule has 2 aromatic carbocycles. The van der Waals surface area contributed by atoms with Crippen molar-refractivity contribution < 1.29 is 23.5 Å². The maximum atomic E-state index is 15.5.